The van der Waals surface area contributed by atoms with Gasteiger partial charge in [-0.2, -0.15) is 0 Å². The third-order valence-electron chi connectivity index (χ3n) is 6.02. The van der Waals surface area contributed by atoms with E-state index < -0.39 is 0 Å². The Kier molecular flexibility index (Phi) is 4.58. The number of rotatable bonds is 6. The standard InChI is InChI=1S/C22H23ClN4O3/c1-11(12-3-4-12)24-21(28)15-10-27-19(18(15)13-5-6-13)22(29)25-20(26-27)14-7-8-16(23)17(9-14)30-2/h7-13H,3-6H2,1-2H3,(H,24,28)(H,25,26,29)/t11-/m0/s1. The van der Waals surface area contributed by atoms with Crippen LogP contribution in [0.5, 0.6) is 5.75 Å². The molecule has 30 heavy (non-hydrogen) atoms. The third-order valence-corrected chi connectivity index (χ3v) is 6.34. The molecule has 2 aromatic heterocycles. The molecule has 2 heterocycles. The third kappa shape index (κ3) is 3.37. The van der Waals surface area contributed by atoms with Crippen molar-refractivity contribution in [1.29, 1.82) is 0 Å². The van der Waals surface area contributed by atoms with Gasteiger partial charge >= 0.3 is 0 Å². The van der Waals surface area contributed by atoms with Gasteiger partial charge in [0.05, 0.1) is 17.7 Å². The molecule has 3 aromatic rings. The van der Waals surface area contributed by atoms with E-state index in [1.54, 1.807) is 28.9 Å². The van der Waals surface area contributed by atoms with Gasteiger partial charge in [-0.3, -0.25) is 9.59 Å². The Morgan fingerprint density at radius 1 is 1.33 bits per heavy atom. The minimum Gasteiger partial charge on any atom is -0.495 e. The summed E-state index contributed by atoms with van der Waals surface area (Å²) in [5.74, 6) is 1.55. The van der Waals surface area contributed by atoms with E-state index in [-0.39, 0.29) is 23.4 Å². The summed E-state index contributed by atoms with van der Waals surface area (Å²) < 4.78 is 6.81. The molecule has 1 atom stereocenters. The SMILES string of the molecule is COc1cc(-c2nn3cc(C(=O)N[C@@H](C)C4CC4)c(C4CC4)c3c(=O)[nH]2)ccc1Cl. The van der Waals surface area contributed by atoms with Crippen LogP contribution in [0, 0.1) is 5.92 Å². The van der Waals surface area contributed by atoms with Crippen molar-refractivity contribution in [2.45, 2.75) is 44.6 Å². The number of hydrogen-bond donors (Lipinski definition) is 2. The number of nitrogens with one attached hydrogen (secondary N) is 2. The molecule has 2 aliphatic carbocycles. The lowest BCUT2D eigenvalue weighted by Gasteiger charge is -2.12. The Morgan fingerprint density at radius 2 is 2.10 bits per heavy atom. The molecule has 2 aliphatic rings. The molecule has 0 unspecified atom stereocenters. The first-order valence-electron chi connectivity index (χ1n) is 10.3. The van der Waals surface area contributed by atoms with Gasteiger partial charge in [0.15, 0.2) is 5.82 Å². The molecule has 1 amide bonds. The summed E-state index contributed by atoms with van der Waals surface area (Å²) in [7, 11) is 1.53. The van der Waals surface area contributed by atoms with Crippen molar-refractivity contribution in [1.82, 2.24) is 19.9 Å². The monoisotopic (exact) mass is 426 g/mol. The average Bonchev–Trinajstić information content (AvgIpc) is 3.64. The van der Waals surface area contributed by atoms with Crippen LogP contribution in [0.25, 0.3) is 16.9 Å². The number of fused-ring (bicyclic) bond motifs is 1. The van der Waals surface area contributed by atoms with Crippen LogP contribution in [0.4, 0.5) is 0 Å². The summed E-state index contributed by atoms with van der Waals surface area (Å²) in [6, 6.07) is 5.33. The molecule has 1 aromatic carbocycles. The van der Waals surface area contributed by atoms with E-state index in [0.29, 0.717) is 39.2 Å². The van der Waals surface area contributed by atoms with Gasteiger partial charge in [0.2, 0.25) is 0 Å². The number of hydrogen-bond acceptors (Lipinski definition) is 4. The van der Waals surface area contributed by atoms with Crippen LogP contribution in [0.1, 0.15) is 54.4 Å². The zero-order valence-corrected chi connectivity index (χ0v) is 17.6. The van der Waals surface area contributed by atoms with Gasteiger partial charge in [-0.25, -0.2) is 4.52 Å². The van der Waals surface area contributed by atoms with Crippen LogP contribution in [-0.2, 0) is 0 Å². The van der Waals surface area contributed by atoms with Crippen molar-refractivity contribution < 1.29 is 9.53 Å². The Hall–Kier alpha value is -2.80. The number of methoxy groups -OCH3 is 1. The number of halogens is 1. The minimum atomic E-state index is -0.259. The number of aromatic nitrogens is 3. The molecule has 8 heteroatoms. The fourth-order valence-corrected chi connectivity index (χ4v) is 4.21. The first-order valence-corrected chi connectivity index (χ1v) is 10.6. The van der Waals surface area contributed by atoms with E-state index in [0.717, 1.165) is 31.2 Å². The number of aromatic amines is 1. The van der Waals surface area contributed by atoms with Gasteiger partial charge < -0.3 is 15.0 Å². The van der Waals surface area contributed by atoms with Crippen molar-refractivity contribution in [3.8, 4) is 17.1 Å². The molecule has 0 radical (unpaired) electrons. The minimum absolute atomic E-state index is 0.129. The number of benzene rings is 1. The van der Waals surface area contributed by atoms with E-state index >= 15 is 0 Å². The van der Waals surface area contributed by atoms with Crippen LogP contribution < -0.4 is 15.6 Å². The van der Waals surface area contributed by atoms with Gasteiger partial charge in [-0.1, -0.05) is 11.6 Å². The number of carbonyl (C=O) groups excluding carboxylic acids is 1. The molecule has 2 N–H and O–H groups in total. The molecule has 2 saturated carbocycles. The lowest BCUT2D eigenvalue weighted by molar-refractivity contribution is 0.0935. The second-order valence-corrected chi connectivity index (χ2v) is 8.68. The van der Waals surface area contributed by atoms with Gasteiger partial charge in [0.25, 0.3) is 11.5 Å². The summed E-state index contributed by atoms with van der Waals surface area (Å²) in [5, 5.41) is 8.18. The molecule has 5 rings (SSSR count). The van der Waals surface area contributed by atoms with E-state index in [2.05, 4.69) is 15.4 Å². The second kappa shape index (κ2) is 7.16. The van der Waals surface area contributed by atoms with Gasteiger partial charge in [0.1, 0.15) is 11.3 Å². The van der Waals surface area contributed by atoms with E-state index in [1.165, 1.54) is 7.11 Å². The maximum atomic E-state index is 13.0. The number of ether oxygens (including phenoxy) is 1. The van der Waals surface area contributed by atoms with E-state index in [4.69, 9.17) is 16.3 Å². The predicted octanol–water partition coefficient (Wildman–Crippen LogP) is 3.76. The molecule has 0 spiro atoms. The highest BCUT2D eigenvalue weighted by Gasteiger charge is 2.35. The van der Waals surface area contributed by atoms with Crippen LogP contribution in [0.2, 0.25) is 5.02 Å². The lowest BCUT2D eigenvalue weighted by atomic mass is 10.1. The first-order chi connectivity index (χ1) is 14.5. The molecular weight excluding hydrogens is 404 g/mol. The zero-order chi connectivity index (χ0) is 21.0. The maximum absolute atomic E-state index is 13.0. The summed E-state index contributed by atoms with van der Waals surface area (Å²) in [6.07, 6.45) is 5.96. The fraction of sp³-hybridized carbons (Fsp3) is 0.409. The number of H-pyrrole nitrogens is 1. The van der Waals surface area contributed by atoms with Crippen LogP contribution in [0.15, 0.2) is 29.2 Å². The Balaban J connectivity index is 1.59. The molecule has 7 nitrogen and oxygen atoms in total. The maximum Gasteiger partial charge on any atom is 0.275 e. The van der Waals surface area contributed by atoms with Gasteiger partial charge in [-0.15, -0.1) is 5.10 Å². The average molecular weight is 427 g/mol. The Morgan fingerprint density at radius 3 is 2.77 bits per heavy atom. The smallest absolute Gasteiger partial charge is 0.275 e. The summed E-state index contributed by atoms with van der Waals surface area (Å²) in [5.41, 5.74) is 2.22. The molecule has 156 valence electrons. The highest BCUT2D eigenvalue weighted by Crippen LogP contribution is 2.44. The van der Waals surface area contributed by atoms with E-state index in [9.17, 15) is 9.59 Å². The summed E-state index contributed by atoms with van der Waals surface area (Å²) in [4.78, 5) is 28.9. The van der Waals surface area contributed by atoms with E-state index in [1.807, 2.05) is 6.92 Å². The van der Waals surface area contributed by atoms with Crippen LogP contribution in [-0.4, -0.2) is 33.7 Å². The molecule has 0 aliphatic heterocycles. The predicted molar refractivity (Wildman–Crippen MR) is 114 cm³/mol. The first kappa shape index (κ1) is 19.2. The fourth-order valence-electron chi connectivity index (χ4n) is 4.01. The molecular formula is C22H23ClN4O3. The highest BCUT2D eigenvalue weighted by molar-refractivity contribution is 6.32. The largest absolute Gasteiger partial charge is 0.495 e. The van der Waals surface area contributed by atoms with Crippen LogP contribution in [0.3, 0.4) is 0 Å². The highest BCUT2D eigenvalue weighted by atomic mass is 35.5. The van der Waals surface area contributed by atoms with Gasteiger partial charge in [-0.05, 0) is 62.6 Å². The van der Waals surface area contributed by atoms with Crippen molar-refractivity contribution in [3.05, 3.63) is 50.9 Å². The topological polar surface area (TPSA) is 88.5 Å². The lowest BCUT2D eigenvalue weighted by Crippen LogP contribution is -2.34. The normalized spacial score (nSPS) is 17.2. The molecule has 0 saturated heterocycles. The number of nitrogens with zero attached hydrogens (tertiary/aromatic N) is 2. The van der Waals surface area contributed by atoms with Crippen molar-refractivity contribution in [3.63, 3.8) is 0 Å². The van der Waals surface area contributed by atoms with Crippen molar-refractivity contribution >= 4 is 23.0 Å². The Labute approximate surface area is 178 Å². The molecule has 2 fully saturated rings. The summed E-state index contributed by atoms with van der Waals surface area (Å²) in [6.45, 7) is 2.04. The van der Waals surface area contributed by atoms with Gasteiger partial charge in [0, 0.05) is 23.4 Å². The summed E-state index contributed by atoms with van der Waals surface area (Å²) >= 11 is 6.11. The van der Waals surface area contributed by atoms with Crippen molar-refractivity contribution in [2.24, 2.45) is 5.92 Å². The zero-order valence-electron chi connectivity index (χ0n) is 16.9. The number of amides is 1. The molecule has 0 bridgehead atoms. The van der Waals surface area contributed by atoms with Crippen LogP contribution >= 0.6 is 11.6 Å². The second-order valence-electron chi connectivity index (χ2n) is 8.28. The Bertz CT molecular complexity index is 1210. The van der Waals surface area contributed by atoms with Crippen molar-refractivity contribution in [2.75, 3.05) is 7.11 Å². The quantitative estimate of drug-likeness (QED) is 0.628. The number of carbonyl (C=O) groups is 1.